The van der Waals surface area contributed by atoms with Crippen molar-refractivity contribution >= 4 is 59.1 Å². The lowest BCUT2D eigenvalue weighted by molar-refractivity contribution is -0.136. The Morgan fingerprint density at radius 2 is 0.986 bits per heavy atom. The van der Waals surface area contributed by atoms with E-state index in [4.69, 9.17) is 28.3 Å². The Labute approximate surface area is 418 Å². The normalized spacial score (nSPS) is 14.2. The van der Waals surface area contributed by atoms with Crippen LogP contribution in [0.5, 0.6) is 0 Å². The SMILES string of the molecule is CC(=O)N[C@@H](CC(C)C)C(=O)N[C@@H](CO)C(=O)N[C@@H](CC(C)C)C(=O)N[C@@H](CC(C)C)C(=O)N[C@@H](CCCN=C(N)N)C(=O)N[C@H](C(=O)N[C@@H](CCCCN)C(=O)NCc1ccc(C(=N)N)cc1)C(C)C. The quantitative estimate of drug-likeness (QED) is 0.0228. The molecule has 1 aromatic carbocycles. The van der Waals surface area contributed by atoms with Crippen LogP contribution in [0.15, 0.2) is 29.3 Å². The van der Waals surface area contributed by atoms with Gasteiger partial charge < -0.3 is 70.6 Å². The standard InChI is InChI=1S/C48H84N14O9/c1-26(2)21-35(56-30(9)64)43(67)61-38(25-63)46(70)60-37(23-28(5)6)45(69)59-36(22-27(3)4)44(68)57-34(14-12-20-54-48(52)53)42(66)62-39(29(7)8)47(71)58-33(13-10-11-19-49)41(65)55-24-31-15-17-32(18-16-31)40(50)51/h15-18,26-29,33-39,63H,10-14,19-25,49H2,1-9H3,(H3,50,51)(H,55,65)(H,56,64)(H,57,68)(H,58,71)(H,59,69)(H,60,70)(H,61,67)(H,62,66)(H4,52,53,54)/t33-,34-,35-,36-,37-,38-,39-/m0/s1. The average molecular weight is 1000 g/mol. The van der Waals surface area contributed by atoms with Crippen molar-refractivity contribution in [2.45, 2.75) is 163 Å². The minimum absolute atomic E-state index is 0.000796. The summed E-state index contributed by atoms with van der Waals surface area (Å²) in [5.41, 5.74) is 23.6. The number of aliphatic hydroxyl groups is 1. The number of rotatable bonds is 33. The van der Waals surface area contributed by atoms with E-state index < -0.39 is 102 Å². The number of aliphatic hydroxyl groups excluding tert-OH is 1. The molecule has 0 aliphatic rings. The molecule has 0 fully saturated rings. The van der Waals surface area contributed by atoms with Crippen LogP contribution in [0.1, 0.15) is 125 Å². The van der Waals surface area contributed by atoms with Gasteiger partial charge in [-0.2, -0.15) is 0 Å². The van der Waals surface area contributed by atoms with Crippen LogP contribution < -0.4 is 65.5 Å². The van der Waals surface area contributed by atoms with Crippen molar-refractivity contribution in [3.05, 3.63) is 35.4 Å². The lowest BCUT2D eigenvalue weighted by Gasteiger charge is -2.29. The maximum atomic E-state index is 14.2. The minimum Gasteiger partial charge on any atom is -0.394 e. The van der Waals surface area contributed by atoms with Crippen LogP contribution in [0.25, 0.3) is 0 Å². The van der Waals surface area contributed by atoms with Gasteiger partial charge in [-0.3, -0.25) is 48.8 Å². The second-order valence-electron chi connectivity index (χ2n) is 19.4. The second-order valence-corrected chi connectivity index (χ2v) is 19.4. The topological polar surface area (TPSA) is 393 Å². The molecule has 0 spiro atoms. The molecule has 7 atom stereocenters. The number of nitrogens with two attached hydrogens (primary N) is 4. The Hall–Kier alpha value is -6.36. The van der Waals surface area contributed by atoms with Gasteiger partial charge in [0.1, 0.15) is 48.1 Å². The predicted molar refractivity (Wildman–Crippen MR) is 272 cm³/mol. The largest absolute Gasteiger partial charge is 0.394 e. The smallest absolute Gasteiger partial charge is 0.245 e. The highest BCUT2D eigenvalue weighted by Crippen LogP contribution is 2.13. The number of amidine groups is 1. The number of carbonyl (C=O) groups excluding carboxylic acids is 8. The Kier molecular flexibility index (Phi) is 28.7. The van der Waals surface area contributed by atoms with Crippen LogP contribution in [-0.4, -0.2) is 126 Å². The van der Waals surface area contributed by atoms with E-state index in [1.807, 2.05) is 41.5 Å². The fraction of sp³-hybridized carbons (Fsp3) is 0.667. The number of amides is 8. The van der Waals surface area contributed by atoms with Crippen LogP contribution in [0.3, 0.4) is 0 Å². The van der Waals surface area contributed by atoms with Gasteiger partial charge in [-0.1, -0.05) is 79.7 Å². The van der Waals surface area contributed by atoms with Crippen LogP contribution in [0.2, 0.25) is 0 Å². The first-order valence-corrected chi connectivity index (χ1v) is 24.5. The monoisotopic (exact) mass is 1000 g/mol. The van der Waals surface area contributed by atoms with Gasteiger partial charge in [-0.05, 0) is 87.1 Å². The summed E-state index contributed by atoms with van der Waals surface area (Å²) >= 11 is 0. The minimum atomic E-state index is -1.49. The molecule has 400 valence electrons. The average Bonchev–Trinajstić information content (AvgIpc) is 3.27. The highest BCUT2D eigenvalue weighted by Gasteiger charge is 2.35. The molecular weight excluding hydrogens is 917 g/mol. The molecule has 0 aliphatic carbocycles. The van der Waals surface area contributed by atoms with Crippen LogP contribution in [-0.2, 0) is 44.9 Å². The summed E-state index contributed by atoms with van der Waals surface area (Å²) in [4.78, 5) is 112. The second kappa shape index (κ2) is 32.5. The van der Waals surface area contributed by atoms with E-state index in [0.717, 1.165) is 5.56 Å². The zero-order valence-corrected chi connectivity index (χ0v) is 43.1. The summed E-state index contributed by atoms with van der Waals surface area (Å²) in [5, 5.41) is 39.2. The van der Waals surface area contributed by atoms with Crippen LogP contribution in [0, 0.1) is 29.1 Å². The molecule has 0 radical (unpaired) electrons. The summed E-state index contributed by atoms with van der Waals surface area (Å²) in [6.45, 7) is 15.4. The van der Waals surface area contributed by atoms with Gasteiger partial charge in [0.2, 0.25) is 47.3 Å². The van der Waals surface area contributed by atoms with Crippen molar-refractivity contribution in [1.29, 1.82) is 5.41 Å². The van der Waals surface area contributed by atoms with Crippen molar-refractivity contribution in [2.24, 2.45) is 51.6 Å². The van der Waals surface area contributed by atoms with Crippen LogP contribution in [0.4, 0.5) is 0 Å². The molecule has 0 saturated carbocycles. The summed E-state index contributed by atoms with van der Waals surface area (Å²) in [6.07, 6.45) is 2.04. The van der Waals surface area contributed by atoms with E-state index in [1.165, 1.54) is 6.92 Å². The third kappa shape index (κ3) is 24.9. The number of nitrogens with zero attached hydrogens (tertiary/aromatic N) is 1. The zero-order chi connectivity index (χ0) is 54.0. The number of hydrogen-bond acceptors (Lipinski definition) is 12. The Bertz CT molecular complexity index is 1940. The zero-order valence-electron chi connectivity index (χ0n) is 43.1. The van der Waals surface area contributed by atoms with Crippen molar-refractivity contribution in [3.63, 3.8) is 0 Å². The molecule has 0 saturated heterocycles. The van der Waals surface area contributed by atoms with E-state index in [2.05, 4.69) is 47.5 Å². The maximum Gasteiger partial charge on any atom is 0.245 e. The number of nitrogen functional groups attached to an aromatic ring is 1. The number of carbonyl (C=O) groups is 8. The summed E-state index contributed by atoms with van der Waals surface area (Å²) in [7, 11) is 0. The van der Waals surface area contributed by atoms with Gasteiger partial charge in [-0.15, -0.1) is 0 Å². The van der Waals surface area contributed by atoms with Gasteiger partial charge in [0.15, 0.2) is 5.96 Å². The van der Waals surface area contributed by atoms with E-state index >= 15 is 0 Å². The number of guanidine groups is 1. The van der Waals surface area contributed by atoms with E-state index in [0.29, 0.717) is 24.9 Å². The summed E-state index contributed by atoms with van der Waals surface area (Å²) in [6, 6.07) is -1.60. The first-order valence-electron chi connectivity index (χ1n) is 24.5. The van der Waals surface area contributed by atoms with Gasteiger partial charge in [0, 0.05) is 25.6 Å². The Morgan fingerprint density at radius 3 is 1.42 bits per heavy atom. The summed E-state index contributed by atoms with van der Waals surface area (Å²) < 4.78 is 0. The number of aliphatic imine (C=N–C) groups is 1. The number of nitrogens with one attached hydrogen (secondary N) is 9. The molecule has 0 aromatic heterocycles. The molecule has 71 heavy (non-hydrogen) atoms. The first-order chi connectivity index (χ1) is 33.3. The van der Waals surface area contributed by atoms with E-state index in [1.54, 1.807) is 38.1 Å². The maximum absolute atomic E-state index is 14.2. The molecule has 0 bridgehead atoms. The lowest BCUT2D eigenvalue weighted by atomic mass is 9.99. The first kappa shape index (κ1) is 62.7. The fourth-order valence-corrected chi connectivity index (χ4v) is 7.34. The predicted octanol–water partition coefficient (Wildman–Crippen LogP) is -1.03. The molecule has 0 heterocycles. The van der Waals surface area contributed by atoms with Crippen molar-refractivity contribution in [2.75, 3.05) is 19.7 Å². The molecule has 1 rings (SSSR count). The van der Waals surface area contributed by atoms with Gasteiger partial charge >= 0.3 is 0 Å². The van der Waals surface area contributed by atoms with Crippen molar-refractivity contribution < 1.29 is 43.5 Å². The highest BCUT2D eigenvalue weighted by atomic mass is 16.3. The van der Waals surface area contributed by atoms with Gasteiger partial charge in [0.25, 0.3) is 0 Å². The molecule has 0 unspecified atom stereocenters. The van der Waals surface area contributed by atoms with Gasteiger partial charge in [-0.25, -0.2) is 0 Å². The van der Waals surface area contributed by atoms with Crippen molar-refractivity contribution in [1.82, 2.24) is 42.5 Å². The van der Waals surface area contributed by atoms with Crippen molar-refractivity contribution in [3.8, 4) is 0 Å². The number of hydrogen-bond donors (Lipinski definition) is 14. The van der Waals surface area contributed by atoms with Crippen LogP contribution >= 0.6 is 0 Å². The van der Waals surface area contributed by atoms with Gasteiger partial charge in [0.05, 0.1) is 6.61 Å². The molecule has 23 nitrogen and oxygen atoms in total. The molecule has 8 amide bonds. The number of benzene rings is 1. The summed E-state index contributed by atoms with van der Waals surface area (Å²) in [5.74, 6) is -6.45. The lowest BCUT2D eigenvalue weighted by Crippen LogP contribution is -2.61. The fourth-order valence-electron chi connectivity index (χ4n) is 7.34. The van der Waals surface area contributed by atoms with E-state index in [-0.39, 0.29) is 81.2 Å². The third-order valence-corrected chi connectivity index (χ3v) is 11.0. The van der Waals surface area contributed by atoms with E-state index in [9.17, 15) is 43.5 Å². The number of unbranched alkanes of at least 4 members (excludes halogenated alkanes) is 1. The third-order valence-electron chi connectivity index (χ3n) is 11.0. The molecule has 1 aromatic rings. The Balaban J connectivity index is 3.40. The molecule has 18 N–H and O–H groups in total. The molecular formula is C48H84N14O9. The molecule has 23 heteroatoms. The Morgan fingerprint density at radius 1 is 0.563 bits per heavy atom. The molecule has 0 aliphatic heterocycles. The highest BCUT2D eigenvalue weighted by molar-refractivity contribution is 5.98.